The topological polar surface area (TPSA) is 68.2 Å². The third-order valence-electron chi connectivity index (χ3n) is 4.42. The van der Waals surface area contributed by atoms with Crippen LogP contribution in [0.5, 0.6) is 0 Å². The van der Waals surface area contributed by atoms with Gasteiger partial charge in [-0.15, -0.1) is 0 Å². The Morgan fingerprint density at radius 1 is 1.37 bits per heavy atom. The Balaban J connectivity index is 1.98. The maximum Gasteiger partial charge on any atom is 0.240 e. The second-order valence-electron chi connectivity index (χ2n) is 6.40. The summed E-state index contributed by atoms with van der Waals surface area (Å²) in [5, 5.41) is 3.97. The zero-order valence-corrected chi connectivity index (χ0v) is 12.6. The van der Waals surface area contributed by atoms with Crippen molar-refractivity contribution in [3.8, 4) is 0 Å². The van der Waals surface area contributed by atoms with E-state index in [0.29, 0.717) is 17.1 Å². The van der Waals surface area contributed by atoms with Crippen LogP contribution in [0.2, 0.25) is 0 Å². The zero-order valence-electron chi connectivity index (χ0n) is 12.6. The van der Waals surface area contributed by atoms with Crippen molar-refractivity contribution in [2.75, 3.05) is 13.1 Å². The Morgan fingerprint density at radius 3 is 2.53 bits per heavy atom. The van der Waals surface area contributed by atoms with Crippen LogP contribution in [0.25, 0.3) is 0 Å². The molecule has 0 spiro atoms. The Bertz CT molecular complexity index is 417. The van der Waals surface area contributed by atoms with Crippen LogP contribution < -0.4 is 5.73 Å². The van der Waals surface area contributed by atoms with Gasteiger partial charge in [-0.05, 0) is 45.1 Å². The first-order valence-electron chi connectivity index (χ1n) is 7.23. The van der Waals surface area contributed by atoms with Crippen LogP contribution in [0.15, 0.2) is 4.52 Å². The average Bonchev–Trinajstić information content (AvgIpc) is 2.96. The summed E-state index contributed by atoms with van der Waals surface area (Å²) in [6.45, 7) is 11.3. The molecule has 0 unspecified atom stereocenters. The molecule has 2 rings (SSSR count). The lowest BCUT2D eigenvalue weighted by Gasteiger charge is -2.26. The van der Waals surface area contributed by atoms with E-state index >= 15 is 0 Å². The molecule has 0 aliphatic carbocycles. The van der Waals surface area contributed by atoms with E-state index in [1.165, 1.54) is 19.3 Å². The van der Waals surface area contributed by atoms with Crippen LogP contribution in [-0.2, 0) is 12.1 Å². The van der Waals surface area contributed by atoms with Crippen LogP contribution in [-0.4, -0.2) is 28.1 Å². The van der Waals surface area contributed by atoms with Gasteiger partial charge in [0.1, 0.15) is 0 Å². The third-order valence-corrected chi connectivity index (χ3v) is 4.42. The molecule has 0 bridgehead atoms. The minimum atomic E-state index is -0.538. The SMILES string of the molecule is CCC1(CC)CCN(Cc2nc(C(C)(C)N)no2)C1. The quantitative estimate of drug-likeness (QED) is 0.885. The van der Waals surface area contributed by atoms with Gasteiger partial charge in [-0.3, -0.25) is 4.90 Å². The first kappa shape index (κ1) is 14.5. The minimum Gasteiger partial charge on any atom is -0.338 e. The fourth-order valence-corrected chi connectivity index (χ4v) is 2.76. The van der Waals surface area contributed by atoms with Gasteiger partial charge in [0.05, 0.1) is 12.1 Å². The largest absolute Gasteiger partial charge is 0.338 e. The van der Waals surface area contributed by atoms with E-state index < -0.39 is 5.54 Å². The molecule has 2 heterocycles. The number of nitrogens with two attached hydrogens (primary N) is 1. The Hall–Kier alpha value is -0.940. The molecule has 1 fully saturated rings. The molecular weight excluding hydrogens is 240 g/mol. The van der Waals surface area contributed by atoms with Crippen LogP contribution in [0.1, 0.15) is 58.7 Å². The normalized spacial score (nSPS) is 20.1. The summed E-state index contributed by atoms with van der Waals surface area (Å²) in [5.41, 5.74) is 5.91. The lowest BCUT2D eigenvalue weighted by Crippen LogP contribution is -2.30. The molecule has 0 saturated carbocycles. The molecule has 1 aromatic rings. The Labute approximate surface area is 115 Å². The molecule has 2 N–H and O–H groups in total. The monoisotopic (exact) mass is 266 g/mol. The molecule has 1 aliphatic rings. The van der Waals surface area contributed by atoms with Crippen molar-refractivity contribution in [2.45, 2.75) is 59.0 Å². The summed E-state index contributed by atoms with van der Waals surface area (Å²) in [5.74, 6) is 1.26. The molecule has 0 aromatic carbocycles. The predicted molar refractivity (Wildman–Crippen MR) is 74.4 cm³/mol. The fourth-order valence-electron chi connectivity index (χ4n) is 2.76. The number of rotatable bonds is 5. The van der Waals surface area contributed by atoms with E-state index in [2.05, 4.69) is 28.9 Å². The van der Waals surface area contributed by atoms with Crippen molar-refractivity contribution in [3.63, 3.8) is 0 Å². The van der Waals surface area contributed by atoms with E-state index in [1.807, 2.05) is 13.8 Å². The standard InChI is InChI=1S/C14H26N4O/c1-5-14(6-2)7-8-18(10-14)9-11-16-12(17-19-11)13(3,4)15/h5-10,15H2,1-4H3. The van der Waals surface area contributed by atoms with Gasteiger partial charge in [0.15, 0.2) is 5.82 Å². The van der Waals surface area contributed by atoms with Gasteiger partial charge < -0.3 is 10.3 Å². The van der Waals surface area contributed by atoms with Crippen LogP contribution in [0.3, 0.4) is 0 Å². The molecule has 1 saturated heterocycles. The first-order valence-corrected chi connectivity index (χ1v) is 7.23. The maximum absolute atomic E-state index is 5.97. The lowest BCUT2D eigenvalue weighted by molar-refractivity contribution is 0.215. The van der Waals surface area contributed by atoms with E-state index in [9.17, 15) is 0 Å². The third kappa shape index (κ3) is 3.15. The Kier molecular flexibility index (Phi) is 3.97. The van der Waals surface area contributed by atoms with Gasteiger partial charge in [0, 0.05) is 6.54 Å². The Morgan fingerprint density at radius 2 is 2.05 bits per heavy atom. The van der Waals surface area contributed by atoms with Crippen LogP contribution in [0, 0.1) is 5.41 Å². The van der Waals surface area contributed by atoms with Crippen LogP contribution in [0.4, 0.5) is 0 Å². The average molecular weight is 266 g/mol. The number of aromatic nitrogens is 2. The summed E-state index contributed by atoms with van der Waals surface area (Å²) in [4.78, 5) is 6.81. The second-order valence-corrected chi connectivity index (χ2v) is 6.40. The number of hydrogen-bond donors (Lipinski definition) is 1. The summed E-state index contributed by atoms with van der Waals surface area (Å²) >= 11 is 0. The summed E-state index contributed by atoms with van der Waals surface area (Å²) < 4.78 is 5.31. The maximum atomic E-state index is 5.97. The highest BCUT2D eigenvalue weighted by atomic mass is 16.5. The van der Waals surface area contributed by atoms with Crippen molar-refractivity contribution in [3.05, 3.63) is 11.7 Å². The zero-order chi connectivity index (χ0) is 14.1. The molecule has 5 nitrogen and oxygen atoms in total. The van der Waals surface area contributed by atoms with Crippen molar-refractivity contribution in [1.29, 1.82) is 0 Å². The van der Waals surface area contributed by atoms with Gasteiger partial charge in [0.25, 0.3) is 0 Å². The van der Waals surface area contributed by atoms with Gasteiger partial charge >= 0.3 is 0 Å². The molecule has 5 heteroatoms. The first-order chi connectivity index (χ1) is 8.88. The van der Waals surface area contributed by atoms with Crippen LogP contribution >= 0.6 is 0 Å². The van der Waals surface area contributed by atoms with E-state index in [-0.39, 0.29) is 0 Å². The van der Waals surface area contributed by atoms with E-state index in [0.717, 1.165) is 19.6 Å². The fraction of sp³-hybridized carbons (Fsp3) is 0.857. The molecule has 1 aliphatic heterocycles. The van der Waals surface area contributed by atoms with Gasteiger partial charge in [-0.25, -0.2) is 0 Å². The molecule has 108 valence electrons. The van der Waals surface area contributed by atoms with Gasteiger partial charge in [0.2, 0.25) is 5.89 Å². The van der Waals surface area contributed by atoms with Gasteiger partial charge in [-0.2, -0.15) is 4.98 Å². The molecule has 0 amide bonds. The van der Waals surface area contributed by atoms with Crippen molar-refractivity contribution in [2.24, 2.45) is 11.1 Å². The predicted octanol–water partition coefficient (Wildman–Crippen LogP) is 2.28. The van der Waals surface area contributed by atoms with E-state index in [4.69, 9.17) is 10.3 Å². The van der Waals surface area contributed by atoms with E-state index in [1.54, 1.807) is 0 Å². The van der Waals surface area contributed by atoms with Crippen molar-refractivity contribution < 1.29 is 4.52 Å². The molecule has 0 radical (unpaired) electrons. The number of hydrogen-bond acceptors (Lipinski definition) is 5. The van der Waals surface area contributed by atoms with Gasteiger partial charge in [-0.1, -0.05) is 19.0 Å². The highest BCUT2D eigenvalue weighted by Crippen LogP contribution is 2.37. The second kappa shape index (κ2) is 5.21. The molecule has 1 aromatic heterocycles. The number of nitrogens with zero attached hydrogens (tertiary/aromatic N) is 3. The van der Waals surface area contributed by atoms with Crippen molar-refractivity contribution >= 4 is 0 Å². The summed E-state index contributed by atoms with van der Waals surface area (Å²) in [6.07, 6.45) is 3.75. The minimum absolute atomic E-state index is 0.482. The van der Waals surface area contributed by atoms with Crippen molar-refractivity contribution in [1.82, 2.24) is 15.0 Å². The molecule has 19 heavy (non-hydrogen) atoms. The molecular formula is C14H26N4O. The highest BCUT2D eigenvalue weighted by molar-refractivity contribution is 4.99. The lowest BCUT2D eigenvalue weighted by atomic mass is 9.82. The highest BCUT2D eigenvalue weighted by Gasteiger charge is 2.35. The summed E-state index contributed by atoms with van der Waals surface area (Å²) in [6, 6.07) is 0. The summed E-state index contributed by atoms with van der Waals surface area (Å²) in [7, 11) is 0. The smallest absolute Gasteiger partial charge is 0.240 e. The number of likely N-dealkylation sites (tertiary alicyclic amines) is 1. The molecule has 0 atom stereocenters.